The van der Waals surface area contributed by atoms with Crippen LogP contribution >= 0.6 is 11.6 Å². The number of aryl methyl sites for hydroxylation is 1. The fourth-order valence-electron chi connectivity index (χ4n) is 1.69. The van der Waals surface area contributed by atoms with Crippen molar-refractivity contribution in [2.75, 3.05) is 18.5 Å². The van der Waals surface area contributed by atoms with Crippen LogP contribution in [0.2, 0.25) is 5.15 Å². The number of hydrogen-bond donors (Lipinski definition) is 0. The van der Waals surface area contributed by atoms with Crippen LogP contribution in [-0.4, -0.2) is 23.6 Å². The Kier molecular flexibility index (Phi) is 6.20. The number of nitriles is 1. The van der Waals surface area contributed by atoms with E-state index in [1.165, 1.54) is 5.57 Å². The minimum Gasteiger partial charge on any atom is -0.353 e. The second-order valence-electron chi connectivity index (χ2n) is 4.41. The van der Waals surface area contributed by atoms with E-state index >= 15 is 0 Å². The molecule has 1 rings (SSSR count). The van der Waals surface area contributed by atoms with Gasteiger partial charge in [-0.25, -0.2) is 9.97 Å². The molecule has 1 aromatic rings. The molecule has 0 fully saturated rings. The molecule has 0 saturated heterocycles. The fourth-order valence-corrected chi connectivity index (χ4v) is 1.96. The van der Waals surface area contributed by atoms with Crippen molar-refractivity contribution in [3.05, 3.63) is 40.3 Å². The van der Waals surface area contributed by atoms with Gasteiger partial charge in [0.05, 0.1) is 5.69 Å². The predicted molar refractivity (Wildman–Crippen MR) is 83.0 cm³/mol. The summed E-state index contributed by atoms with van der Waals surface area (Å²) in [6.45, 7) is 6.54. The van der Waals surface area contributed by atoms with Crippen LogP contribution in [0.3, 0.4) is 0 Å². The third kappa shape index (κ3) is 4.07. The molecule has 0 saturated carbocycles. The lowest BCUT2D eigenvalue weighted by Crippen LogP contribution is -2.22. The van der Waals surface area contributed by atoms with Crippen LogP contribution in [0.15, 0.2) is 23.8 Å². The van der Waals surface area contributed by atoms with Gasteiger partial charge < -0.3 is 4.90 Å². The van der Waals surface area contributed by atoms with E-state index in [0.29, 0.717) is 18.1 Å². The van der Waals surface area contributed by atoms with Crippen LogP contribution in [0.5, 0.6) is 0 Å². The Morgan fingerprint density at radius 2 is 2.15 bits per heavy atom. The highest BCUT2D eigenvalue weighted by Crippen LogP contribution is 2.22. The Balaban J connectivity index is 2.98. The summed E-state index contributed by atoms with van der Waals surface area (Å²) in [6.07, 6.45) is 7.26. The van der Waals surface area contributed by atoms with Gasteiger partial charge in [0.1, 0.15) is 6.07 Å². The molecule has 0 spiro atoms. The zero-order valence-electron chi connectivity index (χ0n) is 12.3. The van der Waals surface area contributed by atoms with Crippen molar-refractivity contribution in [3.8, 4) is 6.07 Å². The SMILES string of the molecule is C/C=C(\C=C/CC)CN(C)c1nc(C)c(C#N)nc1Cl. The number of likely N-dealkylation sites (N-methyl/N-ethyl adjacent to an activating group) is 1. The molecule has 106 valence electrons. The molecule has 0 radical (unpaired) electrons. The summed E-state index contributed by atoms with van der Waals surface area (Å²) >= 11 is 6.10. The smallest absolute Gasteiger partial charge is 0.173 e. The number of halogens is 1. The first-order valence-corrected chi connectivity index (χ1v) is 6.88. The lowest BCUT2D eigenvalue weighted by Gasteiger charge is -2.20. The molecule has 0 N–H and O–H groups in total. The van der Waals surface area contributed by atoms with Crippen molar-refractivity contribution in [1.82, 2.24) is 9.97 Å². The number of allylic oxidation sites excluding steroid dienone is 2. The molecule has 0 atom stereocenters. The van der Waals surface area contributed by atoms with Gasteiger partial charge in [0.15, 0.2) is 16.7 Å². The normalized spacial score (nSPS) is 11.7. The molecular weight excluding hydrogens is 272 g/mol. The number of anilines is 1. The van der Waals surface area contributed by atoms with E-state index < -0.39 is 0 Å². The van der Waals surface area contributed by atoms with Crippen LogP contribution in [0.25, 0.3) is 0 Å². The largest absolute Gasteiger partial charge is 0.353 e. The average Bonchev–Trinajstić information content (AvgIpc) is 2.44. The summed E-state index contributed by atoms with van der Waals surface area (Å²) in [5.74, 6) is 0.590. The predicted octanol–water partition coefficient (Wildman–Crippen LogP) is 3.66. The quantitative estimate of drug-likeness (QED) is 0.777. The Labute approximate surface area is 125 Å². The van der Waals surface area contributed by atoms with Crippen molar-refractivity contribution >= 4 is 17.4 Å². The molecule has 0 aliphatic heterocycles. The van der Waals surface area contributed by atoms with Crippen molar-refractivity contribution in [2.24, 2.45) is 0 Å². The first-order valence-electron chi connectivity index (χ1n) is 6.50. The third-order valence-corrected chi connectivity index (χ3v) is 3.09. The van der Waals surface area contributed by atoms with Crippen molar-refractivity contribution in [1.29, 1.82) is 5.26 Å². The minimum absolute atomic E-state index is 0.254. The zero-order valence-corrected chi connectivity index (χ0v) is 13.1. The first kappa shape index (κ1) is 16.2. The number of nitrogens with zero attached hydrogens (tertiary/aromatic N) is 4. The Hall–Kier alpha value is -1.86. The van der Waals surface area contributed by atoms with Crippen LogP contribution in [-0.2, 0) is 0 Å². The zero-order chi connectivity index (χ0) is 15.1. The van der Waals surface area contributed by atoms with E-state index in [-0.39, 0.29) is 10.8 Å². The summed E-state index contributed by atoms with van der Waals surface area (Å²) in [6, 6.07) is 1.98. The van der Waals surface area contributed by atoms with Crippen molar-refractivity contribution in [2.45, 2.75) is 27.2 Å². The van der Waals surface area contributed by atoms with Gasteiger partial charge in [-0.2, -0.15) is 5.26 Å². The van der Waals surface area contributed by atoms with Gasteiger partial charge in [0, 0.05) is 13.6 Å². The first-order chi connectivity index (χ1) is 9.53. The molecule has 0 aliphatic rings. The molecule has 0 bridgehead atoms. The van der Waals surface area contributed by atoms with Gasteiger partial charge in [-0.3, -0.25) is 0 Å². The maximum Gasteiger partial charge on any atom is 0.173 e. The maximum atomic E-state index is 8.91. The maximum absolute atomic E-state index is 8.91. The highest BCUT2D eigenvalue weighted by atomic mass is 35.5. The van der Waals surface area contributed by atoms with E-state index in [4.69, 9.17) is 16.9 Å². The van der Waals surface area contributed by atoms with Gasteiger partial charge in [0.2, 0.25) is 0 Å². The van der Waals surface area contributed by atoms with E-state index in [1.807, 2.05) is 24.9 Å². The molecule has 0 aromatic carbocycles. The van der Waals surface area contributed by atoms with E-state index in [0.717, 1.165) is 6.42 Å². The molecule has 4 nitrogen and oxygen atoms in total. The van der Waals surface area contributed by atoms with Crippen LogP contribution in [0.4, 0.5) is 5.82 Å². The molecule has 0 amide bonds. The van der Waals surface area contributed by atoms with Gasteiger partial charge >= 0.3 is 0 Å². The van der Waals surface area contributed by atoms with Crippen LogP contribution in [0.1, 0.15) is 31.7 Å². The second-order valence-corrected chi connectivity index (χ2v) is 4.77. The van der Waals surface area contributed by atoms with Crippen LogP contribution < -0.4 is 4.90 Å². The van der Waals surface area contributed by atoms with Crippen molar-refractivity contribution in [3.63, 3.8) is 0 Å². The highest BCUT2D eigenvalue weighted by molar-refractivity contribution is 6.31. The van der Waals surface area contributed by atoms with Crippen LogP contribution in [0, 0.1) is 18.3 Å². The molecule has 5 heteroatoms. The van der Waals surface area contributed by atoms with E-state index in [2.05, 4.69) is 35.1 Å². The highest BCUT2D eigenvalue weighted by Gasteiger charge is 2.13. The number of hydrogen-bond acceptors (Lipinski definition) is 4. The molecule has 1 heterocycles. The summed E-state index contributed by atoms with van der Waals surface area (Å²) in [5.41, 5.74) is 2.03. The van der Waals surface area contributed by atoms with Gasteiger partial charge in [-0.15, -0.1) is 0 Å². The van der Waals surface area contributed by atoms with E-state index in [9.17, 15) is 0 Å². The number of rotatable bonds is 5. The molecule has 0 aliphatic carbocycles. The fraction of sp³-hybridized carbons (Fsp3) is 0.400. The molecule has 1 aromatic heterocycles. The molecule has 0 unspecified atom stereocenters. The molecular formula is C15H19ClN4. The van der Waals surface area contributed by atoms with Gasteiger partial charge in [-0.05, 0) is 25.8 Å². The monoisotopic (exact) mass is 290 g/mol. The second kappa shape index (κ2) is 7.66. The Bertz CT molecular complexity index is 570. The van der Waals surface area contributed by atoms with Gasteiger partial charge in [0.25, 0.3) is 0 Å². The summed E-state index contributed by atoms with van der Waals surface area (Å²) in [5, 5.41) is 9.16. The van der Waals surface area contributed by atoms with E-state index in [1.54, 1.807) is 6.92 Å². The number of aromatic nitrogens is 2. The third-order valence-electron chi connectivity index (χ3n) is 2.84. The van der Waals surface area contributed by atoms with Gasteiger partial charge in [-0.1, -0.05) is 36.8 Å². The Morgan fingerprint density at radius 1 is 1.45 bits per heavy atom. The van der Waals surface area contributed by atoms with Crippen molar-refractivity contribution < 1.29 is 0 Å². The molecule has 20 heavy (non-hydrogen) atoms. The summed E-state index contributed by atoms with van der Waals surface area (Å²) in [7, 11) is 1.91. The topological polar surface area (TPSA) is 52.8 Å². The lowest BCUT2D eigenvalue weighted by atomic mass is 10.2. The minimum atomic E-state index is 0.254. The summed E-state index contributed by atoms with van der Waals surface area (Å²) < 4.78 is 0. The average molecular weight is 291 g/mol. The Morgan fingerprint density at radius 3 is 2.70 bits per heavy atom. The standard InChI is InChI=1S/C15H19ClN4/c1-5-7-8-12(6-2)10-20(4)15-14(16)19-13(9-17)11(3)18-15/h6-8H,5,10H2,1-4H3/b8-7-,12-6+. The lowest BCUT2D eigenvalue weighted by molar-refractivity contribution is 0.934. The summed E-state index contributed by atoms with van der Waals surface area (Å²) in [4.78, 5) is 10.4.